The van der Waals surface area contributed by atoms with Gasteiger partial charge in [0.25, 0.3) is 0 Å². The van der Waals surface area contributed by atoms with Crippen LogP contribution in [-0.2, 0) is 9.59 Å². The Hall–Kier alpha value is -3.69. The minimum absolute atomic E-state index is 0.0699. The lowest BCUT2D eigenvalue weighted by Gasteiger charge is -2.26. The van der Waals surface area contributed by atoms with Crippen LogP contribution < -0.4 is 5.32 Å². The van der Waals surface area contributed by atoms with Crippen molar-refractivity contribution in [3.63, 3.8) is 0 Å². The molecule has 8 nitrogen and oxygen atoms in total. The van der Waals surface area contributed by atoms with E-state index in [4.69, 9.17) is 4.42 Å². The van der Waals surface area contributed by atoms with E-state index in [1.54, 1.807) is 36.4 Å². The first-order valence-corrected chi connectivity index (χ1v) is 11.0. The number of benzene rings is 1. The number of nitrogens with one attached hydrogen (secondary N) is 1. The number of amides is 2. The predicted molar refractivity (Wildman–Crippen MR) is 119 cm³/mol. The van der Waals surface area contributed by atoms with Gasteiger partial charge >= 0.3 is 0 Å². The van der Waals surface area contributed by atoms with Gasteiger partial charge in [0.15, 0.2) is 0 Å². The summed E-state index contributed by atoms with van der Waals surface area (Å²) in [5.41, 5.74) is 1.90. The van der Waals surface area contributed by atoms with Crippen LogP contribution in [0.25, 0.3) is 11.5 Å². The van der Waals surface area contributed by atoms with Crippen molar-refractivity contribution >= 4 is 11.8 Å². The van der Waals surface area contributed by atoms with Crippen LogP contribution in [0.1, 0.15) is 56.0 Å². The number of carbonyl (C=O) groups is 2. The molecule has 4 rings (SSSR count). The van der Waals surface area contributed by atoms with Crippen molar-refractivity contribution in [1.82, 2.24) is 25.4 Å². The summed E-state index contributed by atoms with van der Waals surface area (Å²) in [6, 6.07) is 8.43. The minimum Gasteiger partial charge on any atom is -0.423 e. The van der Waals surface area contributed by atoms with Gasteiger partial charge in [-0.2, -0.15) is 4.39 Å². The molecule has 3 aromatic rings. The van der Waals surface area contributed by atoms with Crippen LogP contribution in [0.5, 0.6) is 0 Å². The van der Waals surface area contributed by atoms with Crippen molar-refractivity contribution in [3.8, 4) is 11.5 Å². The standard InChI is InChI=1S/C24H25F2N5O3/c1-13(2)18-7-8-19(28-22(18)26)21(15-5-4-6-16(9-15)24-30-27-12-34-24)29-23(33)20-10-17(25)11-31(20)14(3)32/h4-9,12-13,17,20-21H,10-11H2,1-3H3,(H,29,33)/t17-,20+,21+/m1/s1. The maximum absolute atomic E-state index is 14.8. The van der Waals surface area contributed by atoms with E-state index in [0.717, 1.165) is 0 Å². The van der Waals surface area contributed by atoms with Crippen LogP contribution in [-0.4, -0.2) is 50.7 Å². The van der Waals surface area contributed by atoms with E-state index >= 15 is 0 Å². The Labute approximate surface area is 195 Å². The van der Waals surface area contributed by atoms with Crippen molar-refractivity contribution in [3.05, 3.63) is 65.6 Å². The highest BCUT2D eigenvalue weighted by atomic mass is 19.1. The molecule has 1 saturated heterocycles. The normalized spacial score (nSPS) is 18.8. The lowest BCUT2D eigenvalue weighted by Crippen LogP contribution is -2.46. The zero-order valence-electron chi connectivity index (χ0n) is 19.0. The molecule has 178 valence electrons. The fraction of sp³-hybridized carbons (Fsp3) is 0.375. The second kappa shape index (κ2) is 9.66. The average molecular weight is 469 g/mol. The molecule has 34 heavy (non-hydrogen) atoms. The molecule has 1 fully saturated rings. The van der Waals surface area contributed by atoms with E-state index in [1.807, 2.05) is 13.8 Å². The van der Waals surface area contributed by atoms with Crippen LogP contribution in [0.4, 0.5) is 8.78 Å². The second-order valence-corrected chi connectivity index (χ2v) is 8.60. The molecular weight excluding hydrogens is 444 g/mol. The zero-order valence-corrected chi connectivity index (χ0v) is 19.0. The highest BCUT2D eigenvalue weighted by Gasteiger charge is 2.39. The van der Waals surface area contributed by atoms with E-state index in [0.29, 0.717) is 16.7 Å². The molecule has 0 saturated carbocycles. The molecule has 3 heterocycles. The molecule has 3 atom stereocenters. The van der Waals surface area contributed by atoms with E-state index in [9.17, 15) is 18.4 Å². The lowest BCUT2D eigenvalue weighted by molar-refractivity contribution is -0.137. The molecule has 0 unspecified atom stereocenters. The molecule has 2 amide bonds. The second-order valence-electron chi connectivity index (χ2n) is 8.60. The van der Waals surface area contributed by atoms with E-state index in [2.05, 4.69) is 20.5 Å². The number of carbonyl (C=O) groups excluding carboxylic acids is 2. The van der Waals surface area contributed by atoms with Crippen LogP contribution in [0, 0.1) is 5.95 Å². The molecule has 1 aliphatic rings. The number of pyridine rings is 1. The number of rotatable bonds is 6. The summed E-state index contributed by atoms with van der Waals surface area (Å²) in [5.74, 6) is -1.35. The average Bonchev–Trinajstić information content (AvgIpc) is 3.47. The van der Waals surface area contributed by atoms with Crippen molar-refractivity contribution < 1.29 is 22.8 Å². The highest BCUT2D eigenvalue weighted by Crippen LogP contribution is 2.29. The van der Waals surface area contributed by atoms with Crippen molar-refractivity contribution in [2.75, 3.05) is 6.54 Å². The number of hydrogen-bond donors (Lipinski definition) is 1. The lowest BCUT2D eigenvalue weighted by atomic mass is 9.98. The zero-order chi connectivity index (χ0) is 24.4. The highest BCUT2D eigenvalue weighted by molar-refractivity contribution is 5.88. The number of aromatic nitrogens is 3. The molecule has 0 aliphatic carbocycles. The summed E-state index contributed by atoms with van der Waals surface area (Å²) in [5, 5.41) is 10.4. The Morgan fingerprint density at radius 1 is 1.24 bits per heavy atom. The smallest absolute Gasteiger partial charge is 0.247 e. The van der Waals surface area contributed by atoms with Gasteiger partial charge in [0.05, 0.1) is 18.3 Å². The van der Waals surface area contributed by atoms with E-state index in [-0.39, 0.29) is 36.4 Å². The van der Waals surface area contributed by atoms with Gasteiger partial charge in [-0.25, -0.2) is 9.37 Å². The number of halogens is 2. The Morgan fingerprint density at radius 2 is 2.03 bits per heavy atom. The topological polar surface area (TPSA) is 101 Å². The number of hydrogen-bond acceptors (Lipinski definition) is 6. The molecule has 0 spiro atoms. The monoisotopic (exact) mass is 469 g/mol. The van der Waals surface area contributed by atoms with Crippen molar-refractivity contribution in [2.45, 2.75) is 51.4 Å². The summed E-state index contributed by atoms with van der Waals surface area (Å²) in [6.45, 7) is 4.87. The number of nitrogens with zero attached hydrogens (tertiary/aromatic N) is 4. The fourth-order valence-electron chi connectivity index (χ4n) is 4.15. The number of likely N-dealkylation sites (tertiary alicyclic amines) is 1. The Balaban J connectivity index is 1.72. The Bertz CT molecular complexity index is 1190. The molecule has 0 radical (unpaired) electrons. The van der Waals surface area contributed by atoms with Gasteiger partial charge in [0.1, 0.15) is 12.2 Å². The minimum atomic E-state index is -1.29. The van der Waals surface area contributed by atoms with Gasteiger partial charge in [-0.1, -0.05) is 32.0 Å². The van der Waals surface area contributed by atoms with Crippen molar-refractivity contribution in [2.24, 2.45) is 0 Å². The SMILES string of the molecule is CC(=O)N1C[C@H](F)C[C@H]1C(=O)N[C@@H](c1cccc(-c2nnco2)c1)c1ccc(C(C)C)c(F)n1. The van der Waals surface area contributed by atoms with Crippen LogP contribution in [0.3, 0.4) is 0 Å². The molecule has 1 aliphatic heterocycles. The molecule has 0 bridgehead atoms. The maximum Gasteiger partial charge on any atom is 0.247 e. The van der Waals surface area contributed by atoms with Crippen LogP contribution >= 0.6 is 0 Å². The summed E-state index contributed by atoms with van der Waals surface area (Å²) in [4.78, 5) is 30.5. The predicted octanol–water partition coefficient (Wildman–Crippen LogP) is 3.56. The molecule has 1 aromatic carbocycles. The summed E-state index contributed by atoms with van der Waals surface area (Å²) >= 11 is 0. The summed E-state index contributed by atoms with van der Waals surface area (Å²) in [7, 11) is 0. The van der Waals surface area contributed by atoms with Crippen LogP contribution in [0.2, 0.25) is 0 Å². The first kappa shape index (κ1) is 23.5. The van der Waals surface area contributed by atoms with Gasteiger partial charge in [0.2, 0.25) is 30.0 Å². The first-order chi connectivity index (χ1) is 16.2. The third kappa shape index (κ3) is 4.80. The largest absolute Gasteiger partial charge is 0.423 e. The molecule has 2 aromatic heterocycles. The Kier molecular flexibility index (Phi) is 6.67. The third-order valence-corrected chi connectivity index (χ3v) is 5.89. The van der Waals surface area contributed by atoms with Gasteiger partial charge in [-0.05, 0) is 29.7 Å². The third-order valence-electron chi connectivity index (χ3n) is 5.89. The quantitative estimate of drug-likeness (QED) is 0.554. The van der Waals surface area contributed by atoms with Gasteiger partial charge in [-0.3, -0.25) is 9.59 Å². The maximum atomic E-state index is 14.8. The first-order valence-electron chi connectivity index (χ1n) is 11.0. The number of alkyl halides is 1. The van der Waals surface area contributed by atoms with E-state index < -0.39 is 30.1 Å². The van der Waals surface area contributed by atoms with Crippen LogP contribution in [0.15, 0.2) is 47.2 Å². The van der Waals surface area contributed by atoms with E-state index in [1.165, 1.54) is 18.2 Å². The van der Waals surface area contributed by atoms with Crippen molar-refractivity contribution in [1.29, 1.82) is 0 Å². The molecule has 10 heteroatoms. The van der Waals surface area contributed by atoms with Gasteiger partial charge < -0.3 is 14.6 Å². The van der Waals surface area contributed by atoms with Gasteiger partial charge in [-0.15, -0.1) is 10.2 Å². The summed E-state index contributed by atoms with van der Waals surface area (Å²) < 4.78 is 34.1. The fourth-order valence-corrected chi connectivity index (χ4v) is 4.15. The van der Waals surface area contributed by atoms with Gasteiger partial charge in [0, 0.05) is 24.5 Å². The molecule has 1 N–H and O–H groups in total. The molecular formula is C24H25F2N5O3. The Morgan fingerprint density at radius 3 is 2.68 bits per heavy atom. The summed E-state index contributed by atoms with van der Waals surface area (Å²) in [6.07, 6.45) is -0.194.